The second-order valence-electron chi connectivity index (χ2n) is 10.6. The molecule has 0 radical (unpaired) electrons. The van der Waals surface area contributed by atoms with Crippen molar-refractivity contribution in [2.24, 2.45) is 11.8 Å². The Hall–Kier alpha value is -4.20. The fourth-order valence-corrected chi connectivity index (χ4v) is 4.30. The van der Waals surface area contributed by atoms with Gasteiger partial charge in [0.1, 0.15) is 11.7 Å². The summed E-state index contributed by atoms with van der Waals surface area (Å²) < 4.78 is 50.6. The third-order valence-corrected chi connectivity index (χ3v) is 6.97. The number of aliphatic hydroxyl groups is 1. The number of alkyl halides is 3. The molecule has 2 aromatic heterocycles. The molecule has 3 N–H and O–H groups in total. The van der Waals surface area contributed by atoms with Crippen LogP contribution in [-0.2, 0) is 16.1 Å². The third-order valence-electron chi connectivity index (χ3n) is 6.97. The molecule has 1 saturated carbocycles. The van der Waals surface area contributed by atoms with Crippen LogP contribution in [0.3, 0.4) is 0 Å². The summed E-state index contributed by atoms with van der Waals surface area (Å²) in [7, 11) is 1.22. The quantitative estimate of drug-likeness (QED) is 0.287. The summed E-state index contributed by atoms with van der Waals surface area (Å²) in [6.07, 6.45) is -4.51. The summed E-state index contributed by atoms with van der Waals surface area (Å²) in [5, 5.41) is 19.2. The first kappa shape index (κ1) is 30.8. The largest absolute Gasteiger partial charge is 0.467 e. The minimum Gasteiger partial charge on any atom is -0.467 e. The Labute approximate surface area is 239 Å². The normalized spacial score (nSPS) is 15.6. The monoisotopic (exact) mass is 591 g/mol. The summed E-state index contributed by atoms with van der Waals surface area (Å²) in [4.78, 5) is 41.8. The molecule has 14 heteroatoms. The fraction of sp³-hybridized carbons (Fsp3) is 0.464. The maximum absolute atomic E-state index is 13.1. The summed E-state index contributed by atoms with van der Waals surface area (Å²) in [5.41, 5.74) is 0.884. The summed E-state index contributed by atoms with van der Waals surface area (Å²) in [5.74, 6) is -1.92. The van der Waals surface area contributed by atoms with Gasteiger partial charge in [-0.2, -0.15) is 18.3 Å². The molecule has 42 heavy (non-hydrogen) atoms. The standard InChI is InChI=1S/C28H32F3N5O6/c1-14(2)23(27(40)41-4)34-25(39)21-12-32-26(42-21)18-7-5-6-17(10-18)19-11-20(24(38)33-15(3)16-8-9-16)36(35-19)13-22(37)28(29,30)31/h5-7,10-12,14-16,22-23,37H,8-9,13H2,1-4H3,(H,33,38)(H,34,39). The van der Waals surface area contributed by atoms with Gasteiger partial charge in [-0.15, -0.1) is 0 Å². The van der Waals surface area contributed by atoms with E-state index in [1.165, 1.54) is 19.4 Å². The van der Waals surface area contributed by atoms with Crippen LogP contribution in [0.1, 0.15) is 54.7 Å². The molecule has 11 nitrogen and oxygen atoms in total. The van der Waals surface area contributed by atoms with E-state index in [2.05, 4.69) is 20.7 Å². The molecule has 2 amide bonds. The van der Waals surface area contributed by atoms with E-state index in [0.29, 0.717) is 17.0 Å². The maximum Gasteiger partial charge on any atom is 0.416 e. The molecule has 3 atom stereocenters. The van der Waals surface area contributed by atoms with Gasteiger partial charge in [0.15, 0.2) is 6.10 Å². The highest BCUT2D eigenvalue weighted by molar-refractivity contribution is 5.95. The zero-order valence-corrected chi connectivity index (χ0v) is 23.4. The Morgan fingerprint density at radius 2 is 1.81 bits per heavy atom. The van der Waals surface area contributed by atoms with Crippen molar-refractivity contribution in [3.63, 3.8) is 0 Å². The number of nitrogens with zero attached hydrogens (tertiary/aromatic N) is 3. The zero-order chi connectivity index (χ0) is 30.8. The summed E-state index contributed by atoms with van der Waals surface area (Å²) in [6, 6.07) is 6.76. The molecule has 1 fully saturated rings. The van der Waals surface area contributed by atoms with E-state index in [1.54, 1.807) is 38.1 Å². The van der Waals surface area contributed by atoms with Crippen LogP contribution in [0.15, 0.2) is 40.9 Å². The number of aliphatic hydroxyl groups excluding tert-OH is 1. The minimum atomic E-state index is -4.90. The van der Waals surface area contributed by atoms with Crippen LogP contribution in [0.5, 0.6) is 0 Å². The van der Waals surface area contributed by atoms with Gasteiger partial charge in [-0.25, -0.2) is 9.78 Å². The van der Waals surface area contributed by atoms with E-state index >= 15 is 0 Å². The van der Waals surface area contributed by atoms with E-state index in [-0.39, 0.29) is 35.0 Å². The number of rotatable bonds is 11. The number of aromatic nitrogens is 3. The molecule has 3 aromatic rings. The number of ether oxygens (including phenoxy) is 1. The first-order chi connectivity index (χ1) is 19.8. The first-order valence-corrected chi connectivity index (χ1v) is 13.4. The molecule has 0 spiro atoms. The van der Waals surface area contributed by atoms with Gasteiger partial charge in [-0.05, 0) is 49.8 Å². The first-order valence-electron chi connectivity index (χ1n) is 13.4. The Morgan fingerprint density at radius 1 is 1.12 bits per heavy atom. The lowest BCUT2D eigenvalue weighted by Gasteiger charge is -2.18. The summed E-state index contributed by atoms with van der Waals surface area (Å²) in [6.45, 7) is 4.35. The molecule has 2 heterocycles. The van der Waals surface area contributed by atoms with Gasteiger partial charge >= 0.3 is 12.1 Å². The highest BCUT2D eigenvalue weighted by Crippen LogP contribution is 2.33. The predicted octanol–water partition coefficient (Wildman–Crippen LogP) is 3.58. The molecule has 0 aliphatic heterocycles. The van der Waals surface area contributed by atoms with Crippen molar-refractivity contribution in [1.82, 2.24) is 25.4 Å². The molecule has 0 saturated heterocycles. The lowest BCUT2D eigenvalue weighted by molar-refractivity contribution is -0.208. The maximum atomic E-state index is 13.1. The Kier molecular flexibility index (Phi) is 9.04. The Morgan fingerprint density at radius 3 is 2.43 bits per heavy atom. The number of amides is 2. The predicted molar refractivity (Wildman–Crippen MR) is 143 cm³/mol. The number of carbonyl (C=O) groups excluding carboxylic acids is 3. The fourth-order valence-electron chi connectivity index (χ4n) is 4.30. The number of halogens is 3. The van der Waals surface area contributed by atoms with Crippen molar-refractivity contribution in [3.8, 4) is 22.7 Å². The van der Waals surface area contributed by atoms with Crippen LogP contribution in [0.4, 0.5) is 13.2 Å². The zero-order valence-electron chi connectivity index (χ0n) is 23.4. The third kappa shape index (κ3) is 7.16. The van der Waals surface area contributed by atoms with Crippen molar-refractivity contribution in [2.75, 3.05) is 7.11 Å². The molecule has 1 aliphatic carbocycles. The highest BCUT2D eigenvalue weighted by Gasteiger charge is 2.39. The molecule has 1 aromatic carbocycles. The van der Waals surface area contributed by atoms with Crippen LogP contribution in [-0.4, -0.2) is 69.1 Å². The van der Waals surface area contributed by atoms with Crippen LogP contribution in [0, 0.1) is 11.8 Å². The van der Waals surface area contributed by atoms with Crippen molar-refractivity contribution < 1.29 is 41.8 Å². The van der Waals surface area contributed by atoms with Gasteiger partial charge < -0.3 is 24.9 Å². The van der Waals surface area contributed by atoms with Gasteiger partial charge in [0.2, 0.25) is 11.7 Å². The van der Waals surface area contributed by atoms with E-state index in [0.717, 1.165) is 17.5 Å². The number of carbonyl (C=O) groups is 3. The van der Waals surface area contributed by atoms with Crippen LogP contribution < -0.4 is 10.6 Å². The summed E-state index contributed by atoms with van der Waals surface area (Å²) >= 11 is 0. The molecule has 3 unspecified atom stereocenters. The van der Waals surface area contributed by atoms with Crippen molar-refractivity contribution >= 4 is 17.8 Å². The van der Waals surface area contributed by atoms with E-state index < -0.39 is 42.7 Å². The highest BCUT2D eigenvalue weighted by atomic mass is 19.4. The average Bonchev–Trinajstić information content (AvgIpc) is 3.52. The van der Waals surface area contributed by atoms with Gasteiger partial charge in [0.05, 0.1) is 25.5 Å². The molecule has 4 rings (SSSR count). The Bertz CT molecular complexity index is 1450. The van der Waals surface area contributed by atoms with Crippen molar-refractivity contribution in [2.45, 2.75) is 64.5 Å². The second kappa shape index (κ2) is 12.3. The Balaban J connectivity index is 1.59. The lowest BCUT2D eigenvalue weighted by atomic mass is 10.0. The minimum absolute atomic E-state index is 0.0596. The molecule has 1 aliphatic rings. The van der Waals surface area contributed by atoms with Crippen molar-refractivity contribution in [1.29, 1.82) is 0 Å². The number of benzene rings is 1. The smallest absolute Gasteiger partial charge is 0.416 e. The van der Waals surface area contributed by atoms with Crippen molar-refractivity contribution in [3.05, 3.63) is 48.0 Å². The van der Waals surface area contributed by atoms with E-state index in [9.17, 15) is 32.7 Å². The average molecular weight is 592 g/mol. The molecular formula is C28H32F3N5O6. The van der Waals surface area contributed by atoms with Gasteiger partial charge in [0, 0.05) is 17.2 Å². The number of oxazole rings is 1. The van der Waals surface area contributed by atoms with Gasteiger partial charge in [0.25, 0.3) is 11.8 Å². The lowest BCUT2D eigenvalue weighted by Crippen LogP contribution is -2.44. The number of methoxy groups -OCH3 is 1. The van der Waals surface area contributed by atoms with Crippen LogP contribution >= 0.6 is 0 Å². The van der Waals surface area contributed by atoms with Crippen LogP contribution in [0.25, 0.3) is 22.7 Å². The number of hydrogen-bond donors (Lipinski definition) is 3. The van der Waals surface area contributed by atoms with Gasteiger partial charge in [-0.3, -0.25) is 14.3 Å². The number of esters is 1. The van der Waals surface area contributed by atoms with Crippen LogP contribution in [0.2, 0.25) is 0 Å². The molecule has 0 bridgehead atoms. The second-order valence-corrected chi connectivity index (χ2v) is 10.6. The SMILES string of the molecule is COC(=O)C(NC(=O)c1cnc(-c2cccc(-c3cc(C(=O)NC(C)C4CC4)n(CC(O)C(F)(F)F)n3)c2)o1)C(C)C. The number of hydrogen-bond acceptors (Lipinski definition) is 8. The topological polar surface area (TPSA) is 149 Å². The molecule has 226 valence electrons. The molecular weight excluding hydrogens is 559 g/mol. The van der Waals surface area contributed by atoms with E-state index in [4.69, 9.17) is 9.15 Å². The van der Waals surface area contributed by atoms with Gasteiger partial charge in [-0.1, -0.05) is 26.0 Å². The number of nitrogens with one attached hydrogen (secondary N) is 2. The van der Waals surface area contributed by atoms with E-state index in [1.807, 2.05) is 6.92 Å².